The summed E-state index contributed by atoms with van der Waals surface area (Å²) in [6, 6.07) is 25.0. The van der Waals surface area contributed by atoms with Crippen LogP contribution in [0.25, 0.3) is 22.3 Å². The molecule has 2 aromatic heterocycles. The molecule has 3 aromatic carbocycles. The number of H-pyrrole nitrogens is 1. The van der Waals surface area contributed by atoms with E-state index < -0.39 is 0 Å². The molecule has 0 bridgehead atoms. The Morgan fingerprint density at radius 3 is 2.63 bits per heavy atom. The van der Waals surface area contributed by atoms with E-state index in [-0.39, 0.29) is 11.2 Å². The summed E-state index contributed by atoms with van der Waals surface area (Å²) in [6.45, 7) is 2.59. The number of hydrogen-bond acceptors (Lipinski definition) is 5. The summed E-state index contributed by atoms with van der Waals surface area (Å²) in [5.74, 6) is 1.67. The Morgan fingerprint density at radius 2 is 1.86 bits per heavy atom. The molecule has 0 unspecified atom stereocenters. The minimum Gasteiger partial charge on any atom is -0.487 e. The van der Waals surface area contributed by atoms with Gasteiger partial charge >= 0.3 is 0 Å². The van der Waals surface area contributed by atoms with Gasteiger partial charge in [-0.15, -0.1) is 10.2 Å². The SMILES string of the molecule is CC1CC(c2ccccc2)(c2cc(OCc3ccc4cc(F)ccc4n3)ccc2-c2nn[nH]n2)C1. The van der Waals surface area contributed by atoms with Gasteiger partial charge in [-0.2, -0.15) is 5.21 Å². The Balaban J connectivity index is 1.36. The fourth-order valence-electron chi connectivity index (χ4n) is 5.35. The minimum absolute atomic E-state index is 0.138. The number of ether oxygens (including phenoxy) is 1. The van der Waals surface area contributed by atoms with Crippen molar-refractivity contribution in [3.8, 4) is 17.1 Å². The zero-order valence-corrected chi connectivity index (χ0v) is 19.3. The summed E-state index contributed by atoms with van der Waals surface area (Å²) in [6.07, 6.45) is 2.07. The van der Waals surface area contributed by atoms with Crippen LogP contribution in [0.2, 0.25) is 0 Å². The third-order valence-corrected chi connectivity index (χ3v) is 6.91. The molecule has 6 rings (SSSR count). The lowest BCUT2D eigenvalue weighted by molar-refractivity contribution is 0.200. The number of benzene rings is 3. The second kappa shape index (κ2) is 8.58. The minimum atomic E-state index is -0.268. The van der Waals surface area contributed by atoms with Gasteiger partial charge in [0.2, 0.25) is 5.82 Å². The maximum Gasteiger partial charge on any atom is 0.204 e. The first-order valence-electron chi connectivity index (χ1n) is 11.7. The molecule has 0 saturated heterocycles. The molecule has 6 nitrogen and oxygen atoms in total. The highest BCUT2D eigenvalue weighted by Crippen LogP contribution is 2.54. The van der Waals surface area contributed by atoms with Gasteiger partial charge in [0.15, 0.2) is 0 Å². The van der Waals surface area contributed by atoms with Crippen molar-refractivity contribution in [3.63, 3.8) is 0 Å². The van der Waals surface area contributed by atoms with Crippen LogP contribution in [-0.4, -0.2) is 25.6 Å². The molecule has 0 radical (unpaired) electrons. The third-order valence-electron chi connectivity index (χ3n) is 6.91. The Morgan fingerprint density at radius 1 is 1.00 bits per heavy atom. The van der Waals surface area contributed by atoms with E-state index in [0.29, 0.717) is 18.3 Å². The van der Waals surface area contributed by atoms with Crippen LogP contribution in [0.4, 0.5) is 4.39 Å². The number of pyridine rings is 1. The summed E-state index contributed by atoms with van der Waals surface area (Å²) < 4.78 is 19.7. The van der Waals surface area contributed by atoms with Gasteiger partial charge in [0.05, 0.1) is 11.2 Å². The number of aromatic nitrogens is 5. The summed E-state index contributed by atoms with van der Waals surface area (Å²) in [4.78, 5) is 4.62. The standard InChI is InChI=1S/C28H24FN5O/c1-18-15-28(16-18,20-5-3-2-4-6-20)25-14-23(10-11-24(25)27-31-33-34-32-27)35-17-22-9-7-19-13-21(29)8-12-26(19)30-22/h2-14,18H,15-17H2,1H3,(H,31,32,33,34). The number of nitrogens with zero attached hydrogens (tertiary/aromatic N) is 4. The molecule has 2 heterocycles. The molecular formula is C28H24FN5O. The van der Waals surface area contributed by atoms with E-state index in [2.05, 4.69) is 62.9 Å². The van der Waals surface area contributed by atoms with Crippen molar-refractivity contribution in [1.82, 2.24) is 25.6 Å². The average Bonchev–Trinajstić information content (AvgIpc) is 3.41. The molecule has 1 N–H and O–H groups in total. The molecule has 1 aliphatic carbocycles. The van der Waals surface area contributed by atoms with Crippen molar-refractivity contribution in [2.75, 3.05) is 0 Å². The quantitative estimate of drug-likeness (QED) is 0.340. The van der Waals surface area contributed by atoms with Gasteiger partial charge in [-0.25, -0.2) is 9.37 Å². The topological polar surface area (TPSA) is 76.6 Å². The average molecular weight is 466 g/mol. The van der Waals surface area contributed by atoms with Gasteiger partial charge in [-0.05, 0) is 77.6 Å². The molecule has 1 aliphatic rings. The van der Waals surface area contributed by atoms with Crippen molar-refractivity contribution in [3.05, 3.63) is 102 Å². The Hall–Kier alpha value is -4.13. The van der Waals surface area contributed by atoms with Crippen LogP contribution in [0, 0.1) is 11.7 Å². The molecule has 7 heteroatoms. The molecule has 35 heavy (non-hydrogen) atoms. The molecular weight excluding hydrogens is 441 g/mol. The first-order chi connectivity index (χ1) is 17.1. The van der Waals surface area contributed by atoms with E-state index in [4.69, 9.17) is 4.74 Å². The molecule has 174 valence electrons. The number of hydrogen-bond donors (Lipinski definition) is 1. The fourth-order valence-corrected chi connectivity index (χ4v) is 5.35. The van der Waals surface area contributed by atoms with E-state index >= 15 is 0 Å². The summed E-state index contributed by atoms with van der Waals surface area (Å²) in [7, 11) is 0. The number of nitrogens with one attached hydrogen (secondary N) is 1. The number of rotatable bonds is 6. The van der Waals surface area contributed by atoms with E-state index in [1.165, 1.54) is 17.7 Å². The molecule has 1 fully saturated rings. The maximum absolute atomic E-state index is 13.5. The van der Waals surface area contributed by atoms with Crippen LogP contribution in [-0.2, 0) is 12.0 Å². The van der Waals surface area contributed by atoms with Crippen LogP contribution in [0.5, 0.6) is 5.75 Å². The molecule has 1 saturated carbocycles. The molecule has 5 aromatic rings. The summed E-state index contributed by atoms with van der Waals surface area (Å²) in [5.41, 5.74) is 4.76. The maximum atomic E-state index is 13.5. The van der Waals surface area contributed by atoms with Gasteiger partial charge in [0.1, 0.15) is 18.2 Å². The third kappa shape index (κ3) is 3.93. The summed E-state index contributed by atoms with van der Waals surface area (Å²) in [5, 5.41) is 15.7. The van der Waals surface area contributed by atoms with Crippen molar-refractivity contribution >= 4 is 10.9 Å². The van der Waals surface area contributed by atoms with Crippen LogP contribution >= 0.6 is 0 Å². The highest BCUT2D eigenvalue weighted by Gasteiger charge is 2.46. The molecule has 0 amide bonds. The van der Waals surface area contributed by atoms with Gasteiger partial charge in [0.25, 0.3) is 0 Å². The lowest BCUT2D eigenvalue weighted by Crippen LogP contribution is -2.41. The monoisotopic (exact) mass is 465 g/mol. The number of halogens is 1. The number of aromatic amines is 1. The highest BCUT2D eigenvalue weighted by atomic mass is 19.1. The zero-order chi connectivity index (χ0) is 23.8. The molecule has 0 spiro atoms. The Kier molecular flexibility index (Phi) is 5.25. The van der Waals surface area contributed by atoms with Crippen molar-refractivity contribution in [2.24, 2.45) is 5.92 Å². The van der Waals surface area contributed by atoms with Crippen LogP contribution in [0.1, 0.15) is 36.6 Å². The van der Waals surface area contributed by atoms with Gasteiger partial charge in [-0.3, -0.25) is 0 Å². The smallest absolute Gasteiger partial charge is 0.204 e. The van der Waals surface area contributed by atoms with Crippen molar-refractivity contribution in [1.29, 1.82) is 0 Å². The Bertz CT molecular complexity index is 1480. The van der Waals surface area contributed by atoms with E-state index in [1.807, 2.05) is 30.3 Å². The van der Waals surface area contributed by atoms with Crippen molar-refractivity contribution in [2.45, 2.75) is 31.8 Å². The molecule has 0 atom stereocenters. The highest BCUT2D eigenvalue weighted by molar-refractivity contribution is 5.78. The Labute approximate surface area is 202 Å². The number of fused-ring (bicyclic) bond motifs is 1. The molecule has 0 aliphatic heterocycles. The normalized spacial score (nSPS) is 19.4. The van der Waals surface area contributed by atoms with E-state index in [1.54, 1.807) is 6.07 Å². The van der Waals surface area contributed by atoms with Crippen LogP contribution in [0.3, 0.4) is 0 Å². The first-order valence-corrected chi connectivity index (χ1v) is 11.7. The van der Waals surface area contributed by atoms with Gasteiger partial charge < -0.3 is 4.74 Å². The lowest BCUT2D eigenvalue weighted by Gasteiger charge is -2.48. The van der Waals surface area contributed by atoms with Crippen molar-refractivity contribution < 1.29 is 9.13 Å². The zero-order valence-electron chi connectivity index (χ0n) is 19.3. The van der Waals surface area contributed by atoms with Crippen LogP contribution in [0.15, 0.2) is 78.9 Å². The van der Waals surface area contributed by atoms with E-state index in [0.717, 1.165) is 46.3 Å². The van der Waals surface area contributed by atoms with Gasteiger partial charge in [-0.1, -0.05) is 43.3 Å². The predicted molar refractivity (Wildman–Crippen MR) is 131 cm³/mol. The van der Waals surface area contributed by atoms with Crippen LogP contribution < -0.4 is 4.74 Å². The second-order valence-corrected chi connectivity index (χ2v) is 9.33. The number of tetrazole rings is 1. The van der Waals surface area contributed by atoms with E-state index in [9.17, 15) is 4.39 Å². The van der Waals surface area contributed by atoms with Gasteiger partial charge in [0, 0.05) is 16.4 Å². The lowest BCUT2D eigenvalue weighted by atomic mass is 9.55. The first kappa shape index (κ1) is 21.4. The largest absolute Gasteiger partial charge is 0.487 e. The fraction of sp³-hybridized carbons (Fsp3) is 0.214. The summed E-state index contributed by atoms with van der Waals surface area (Å²) >= 11 is 0. The second-order valence-electron chi connectivity index (χ2n) is 9.33. The predicted octanol–water partition coefficient (Wildman–Crippen LogP) is 5.85.